The minimum Gasteiger partial charge on any atom is -0.395 e. The topological polar surface area (TPSA) is 60.8 Å². The maximum Gasteiger partial charge on any atom is 0.223 e. The average molecular weight is 267 g/mol. The molecule has 0 aromatic carbocycles. The van der Waals surface area contributed by atoms with E-state index in [9.17, 15) is 9.90 Å². The number of nitrogens with zero attached hydrogens (tertiary/aromatic N) is 1. The minimum absolute atomic E-state index is 0.000311. The lowest BCUT2D eigenvalue weighted by atomic mass is 10.00. The second-order valence-corrected chi connectivity index (χ2v) is 5.74. The van der Waals surface area contributed by atoms with Crippen LogP contribution >= 0.6 is 0 Å². The van der Waals surface area contributed by atoms with E-state index in [1.807, 2.05) is 12.2 Å². The molecule has 4 heteroatoms. The molecule has 1 unspecified atom stereocenters. The van der Waals surface area contributed by atoms with Gasteiger partial charge in [0.05, 0.1) is 18.8 Å². The van der Waals surface area contributed by atoms with E-state index in [0.29, 0.717) is 13.0 Å². The summed E-state index contributed by atoms with van der Waals surface area (Å²) >= 11 is 0. The summed E-state index contributed by atoms with van der Waals surface area (Å²) < 4.78 is 0. The highest BCUT2D eigenvalue weighted by Gasteiger charge is 2.26. The molecule has 2 atom stereocenters. The van der Waals surface area contributed by atoms with Crippen molar-refractivity contribution in [3.8, 4) is 0 Å². The van der Waals surface area contributed by atoms with Gasteiger partial charge in [0.15, 0.2) is 0 Å². The maximum absolute atomic E-state index is 11.8. The third kappa shape index (κ3) is 4.62. The lowest BCUT2D eigenvalue weighted by molar-refractivity contribution is -0.135. The molecule has 1 saturated carbocycles. The zero-order valence-corrected chi connectivity index (χ0v) is 11.5. The fourth-order valence-corrected chi connectivity index (χ4v) is 2.71. The van der Waals surface area contributed by atoms with E-state index in [2.05, 4.69) is 0 Å². The van der Waals surface area contributed by atoms with Crippen LogP contribution < -0.4 is 0 Å². The third-order valence-electron chi connectivity index (χ3n) is 4.08. The Morgan fingerprint density at radius 3 is 2.84 bits per heavy atom. The number of β-amino-alcohol motifs (C(OH)–C–C–N with tert-alkyl or cyclic N) is 1. The molecule has 0 bridgehead atoms. The summed E-state index contributed by atoms with van der Waals surface area (Å²) in [5.41, 5.74) is 0. The Morgan fingerprint density at radius 1 is 1.37 bits per heavy atom. The number of aliphatic hydroxyl groups excluding tert-OH is 2. The van der Waals surface area contributed by atoms with Crippen molar-refractivity contribution in [2.45, 2.75) is 57.1 Å². The van der Waals surface area contributed by atoms with E-state index in [1.54, 1.807) is 4.90 Å². The van der Waals surface area contributed by atoms with Crippen LogP contribution in [0.25, 0.3) is 0 Å². The van der Waals surface area contributed by atoms with Crippen LogP contribution in [0.2, 0.25) is 0 Å². The molecule has 1 aliphatic heterocycles. The van der Waals surface area contributed by atoms with E-state index >= 15 is 0 Å². The number of piperidine rings is 1. The molecule has 1 heterocycles. The van der Waals surface area contributed by atoms with Gasteiger partial charge < -0.3 is 15.1 Å². The predicted molar refractivity (Wildman–Crippen MR) is 73.5 cm³/mol. The molecule has 108 valence electrons. The summed E-state index contributed by atoms with van der Waals surface area (Å²) in [4.78, 5) is 13.5. The summed E-state index contributed by atoms with van der Waals surface area (Å²) in [6, 6.07) is 0.0453. The smallest absolute Gasteiger partial charge is 0.223 e. The van der Waals surface area contributed by atoms with E-state index in [4.69, 9.17) is 5.11 Å². The lowest BCUT2D eigenvalue weighted by Crippen LogP contribution is -2.44. The summed E-state index contributed by atoms with van der Waals surface area (Å²) in [6.45, 7) is 0.395. The van der Waals surface area contributed by atoms with Gasteiger partial charge in [-0.3, -0.25) is 4.79 Å². The quantitative estimate of drug-likeness (QED) is 0.687. The van der Waals surface area contributed by atoms with Crippen molar-refractivity contribution in [1.29, 1.82) is 0 Å². The van der Waals surface area contributed by atoms with Gasteiger partial charge in [0.2, 0.25) is 5.91 Å². The first kappa shape index (κ1) is 14.5. The van der Waals surface area contributed by atoms with E-state index in [0.717, 1.165) is 31.6 Å². The second-order valence-electron chi connectivity index (χ2n) is 5.74. The van der Waals surface area contributed by atoms with Crippen LogP contribution in [0.15, 0.2) is 12.2 Å². The SMILES string of the molecule is O=C1CCC[C@H](/C=C/C(O)CCC2CC2)N1CCO. The molecule has 19 heavy (non-hydrogen) atoms. The van der Waals surface area contributed by atoms with Crippen LogP contribution in [0, 0.1) is 5.92 Å². The Labute approximate surface area is 115 Å². The fraction of sp³-hybridized carbons (Fsp3) is 0.800. The van der Waals surface area contributed by atoms with Crippen molar-refractivity contribution >= 4 is 5.91 Å². The first-order chi connectivity index (χ1) is 9.20. The van der Waals surface area contributed by atoms with E-state index in [1.165, 1.54) is 12.8 Å². The lowest BCUT2D eigenvalue weighted by Gasteiger charge is -2.33. The summed E-state index contributed by atoms with van der Waals surface area (Å²) in [5, 5.41) is 18.9. The van der Waals surface area contributed by atoms with Crippen molar-refractivity contribution in [1.82, 2.24) is 4.90 Å². The number of likely N-dealkylation sites (tertiary alicyclic amines) is 1. The molecule has 4 nitrogen and oxygen atoms in total. The van der Waals surface area contributed by atoms with Gasteiger partial charge >= 0.3 is 0 Å². The highest BCUT2D eigenvalue weighted by atomic mass is 16.3. The molecule has 0 aromatic rings. The molecule has 1 aliphatic carbocycles. The van der Waals surface area contributed by atoms with Crippen molar-refractivity contribution in [2.75, 3.05) is 13.2 Å². The molecule has 1 saturated heterocycles. The Kier molecular flexibility index (Phi) is 5.40. The van der Waals surface area contributed by atoms with Crippen molar-refractivity contribution in [3.63, 3.8) is 0 Å². The number of hydrogen-bond acceptors (Lipinski definition) is 3. The fourth-order valence-electron chi connectivity index (χ4n) is 2.71. The summed E-state index contributed by atoms with van der Waals surface area (Å²) in [7, 11) is 0. The first-order valence-corrected chi connectivity index (χ1v) is 7.47. The van der Waals surface area contributed by atoms with Crippen LogP contribution in [0.3, 0.4) is 0 Å². The molecular weight excluding hydrogens is 242 g/mol. The molecule has 0 spiro atoms. The summed E-state index contributed by atoms with van der Waals surface area (Å²) in [5.74, 6) is 0.951. The van der Waals surface area contributed by atoms with Gasteiger partial charge in [0.25, 0.3) is 0 Å². The molecule has 0 aromatic heterocycles. The molecule has 2 fully saturated rings. The molecule has 0 radical (unpaired) electrons. The zero-order valence-electron chi connectivity index (χ0n) is 11.5. The monoisotopic (exact) mass is 267 g/mol. The van der Waals surface area contributed by atoms with Gasteiger partial charge in [-0.15, -0.1) is 0 Å². The van der Waals surface area contributed by atoms with Gasteiger partial charge in [0, 0.05) is 13.0 Å². The highest BCUT2D eigenvalue weighted by molar-refractivity contribution is 5.77. The first-order valence-electron chi connectivity index (χ1n) is 7.47. The highest BCUT2D eigenvalue weighted by Crippen LogP contribution is 2.34. The van der Waals surface area contributed by atoms with Gasteiger partial charge in [-0.05, 0) is 31.6 Å². The van der Waals surface area contributed by atoms with Crippen molar-refractivity contribution < 1.29 is 15.0 Å². The van der Waals surface area contributed by atoms with Crippen LogP contribution in [0.5, 0.6) is 0 Å². The Morgan fingerprint density at radius 2 is 2.16 bits per heavy atom. The molecule has 2 aliphatic rings. The zero-order chi connectivity index (χ0) is 13.7. The average Bonchev–Trinajstić information content (AvgIpc) is 3.21. The normalized spacial score (nSPS) is 26.1. The molecular formula is C15H25NO3. The van der Waals surface area contributed by atoms with Gasteiger partial charge in [0.1, 0.15) is 0 Å². The maximum atomic E-state index is 11.8. The van der Waals surface area contributed by atoms with Gasteiger partial charge in [-0.25, -0.2) is 0 Å². The molecule has 1 amide bonds. The largest absolute Gasteiger partial charge is 0.395 e. The number of hydrogen-bond donors (Lipinski definition) is 2. The van der Waals surface area contributed by atoms with Crippen LogP contribution in [-0.4, -0.2) is 46.3 Å². The second kappa shape index (κ2) is 7.06. The number of aliphatic hydroxyl groups is 2. The molecule has 2 N–H and O–H groups in total. The minimum atomic E-state index is -0.395. The third-order valence-corrected chi connectivity index (χ3v) is 4.08. The number of carbonyl (C=O) groups is 1. The predicted octanol–water partition coefficient (Wildman–Crippen LogP) is 1.47. The Balaban J connectivity index is 1.81. The van der Waals surface area contributed by atoms with Crippen molar-refractivity contribution in [3.05, 3.63) is 12.2 Å². The van der Waals surface area contributed by atoms with Crippen LogP contribution in [0.1, 0.15) is 44.9 Å². The van der Waals surface area contributed by atoms with Gasteiger partial charge in [-0.1, -0.05) is 25.0 Å². The number of rotatable bonds is 7. The summed E-state index contributed by atoms with van der Waals surface area (Å²) in [6.07, 6.45) is 10.3. The van der Waals surface area contributed by atoms with E-state index < -0.39 is 6.10 Å². The van der Waals surface area contributed by atoms with Crippen molar-refractivity contribution in [2.24, 2.45) is 5.92 Å². The number of amides is 1. The van der Waals surface area contributed by atoms with E-state index in [-0.39, 0.29) is 18.6 Å². The van der Waals surface area contributed by atoms with Gasteiger partial charge in [-0.2, -0.15) is 0 Å². The van der Waals surface area contributed by atoms with Crippen LogP contribution in [0.4, 0.5) is 0 Å². The van der Waals surface area contributed by atoms with Crippen LogP contribution in [-0.2, 0) is 4.79 Å². The molecule has 2 rings (SSSR count). The number of carbonyl (C=O) groups excluding carboxylic acids is 1. The Hall–Kier alpha value is -0.870. The Bertz CT molecular complexity index is 325. The standard InChI is InChI=1S/C15H25NO3/c17-11-10-16-13(2-1-3-15(16)19)7-9-14(18)8-6-12-4-5-12/h7,9,12-14,17-18H,1-6,8,10-11H2/b9-7+/t13-,14?/m1/s1.